The van der Waals surface area contributed by atoms with Crippen molar-refractivity contribution < 1.29 is 32.5 Å². The third-order valence-corrected chi connectivity index (χ3v) is 9.04. The van der Waals surface area contributed by atoms with Gasteiger partial charge in [0.15, 0.2) is 6.26 Å². The average molecular weight is 611 g/mol. The molecular weight excluding hydrogens is 549 g/mol. The normalized spacial score (nSPS) is 18.1. The predicted molar refractivity (Wildman–Crippen MR) is 172 cm³/mol. The molecule has 1 aromatic carbocycles. The lowest BCUT2D eigenvalue weighted by Gasteiger charge is -2.35. The second-order valence-corrected chi connectivity index (χ2v) is 13.8. The Morgan fingerprint density at radius 1 is 0.857 bits per heavy atom. The van der Waals surface area contributed by atoms with E-state index in [9.17, 15) is 9.46 Å². The monoisotopic (exact) mass is 610 g/mol. The Morgan fingerprint density at radius 2 is 1.45 bits per heavy atom. The number of ether oxygens (including phenoxy) is 2. The molecule has 2 atom stereocenters. The van der Waals surface area contributed by atoms with Gasteiger partial charge < -0.3 is 14.0 Å². The number of quaternary nitrogens is 1. The van der Waals surface area contributed by atoms with E-state index in [0.717, 1.165) is 49.9 Å². The van der Waals surface area contributed by atoms with Crippen molar-refractivity contribution in [3.8, 4) is 0 Å². The van der Waals surface area contributed by atoms with Gasteiger partial charge >= 0.3 is 7.82 Å². The SMILES string of the molecule is CCCCCCCCCCCCCCCCOCC(COP(=O)(O)OC=C1CCCC[N+]1(C)C)OCc1ccccc1. The van der Waals surface area contributed by atoms with Gasteiger partial charge in [0.05, 0.1) is 40.5 Å². The molecule has 0 amide bonds. The summed E-state index contributed by atoms with van der Waals surface area (Å²) in [7, 11) is -0.0957. The summed E-state index contributed by atoms with van der Waals surface area (Å²) < 4.78 is 35.8. The first-order valence-corrected chi connectivity index (χ1v) is 18.2. The van der Waals surface area contributed by atoms with Crippen LogP contribution in [0.25, 0.3) is 0 Å². The van der Waals surface area contributed by atoms with E-state index in [0.29, 0.717) is 24.3 Å². The fraction of sp³-hybridized carbons (Fsp3) is 0.765. The molecule has 1 aromatic rings. The van der Waals surface area contributed by atoms with Gasteiger partial charge in [-0.1, -0.05) is 121 Å². The molecule has 0 saturated carbocycles. The van der Waals surface area contributed by atoms with E-state index in [1.807, 2.05) is 30.3 Å². The largest absolute Gasteiger partial charge is 0.527 e. The van der Waals surface area contributed by atoms with Crippen LogP contribution in [0.4, 0.5) is 0 Å². The molecule has 1 saturated heterocycles. The summed E-state index contributed by atoms with van der Waals surface area (Å²) in [6, 6.07) is 9.87. The standard InChI is InChI=1S/C34H60NO6P/c1-4-5-6-7-8-9-10-11-12-13-14-15-16-22-27-38-30-34(39-28-32-23-18-17-19-24-32)31-41-42(36,37)40-29-33-25-20-21-26-35(33,2)3/h17-19,23-24,29,34H,4-16,20-22,25-28,30-31H2,1-3H3/p+1. The van der Waals surface area contributed by atoms with Crippen LogP contribution in [-0.2, 0) is 29.7 Å². The van der Waals surface area contributed by atoms with Crippen LogP contribution in [0.3, 0.4) is 0 Å². The van der Waals surface area contributed by atoms with E-state index < -0.39 is 13.9 Å². The molecule has 0 bridgehead atoms. The maximum Gasteiger partial charge on any atom is 0.527 e. The molecule has 0 spiro atoms. The third kappa shape index (κ3) is 17.8. The molecule has 242 valence electrons. The molecule has 1 aliphatic heterocycles. The summed E-state index contributed by atoms with van der Waals surface area (Å²) in [4.78, 5) is 10.3. The molecule has 42 heavy (non-hydrogen) atoms. The number of nitrogens with zero attached hydrogens (tertiary/aromatic N) is 1. The highest BCUT2D eigenvalue weighted by atomic mass is 31.2. The van der Waals surface area contributed by atoms with E-state index in [1.165, 1.54) is 83.3 Å². The smallest absolute Gasteiger partial charge is 0.406 e. The first kappa shape index (κ1) is 37.0. The Labute approximate surface area is 257 Å². The first-order chi connectivity index (χ1) is 20.3. The van der Waals surface area contributed by atoms with E-state index in [4.69, 9.17) is 18.5 Å². The fourth-order valence-electron chi connectivity index (χ4n) is 5.34. The Hall–Kier alpha value is -1.21. The number of likely N-dealkylation sites (tertiary alicyclic amines) is 1. The summed E-state index contributed by atoms with van der Waals surface area (Å²) in [6.07, 6.45) is 22.5. The lowest BCUT2D eigenvalue weighted by atomic mass is 10.0. The predicted octanol–water partition coefficient (Wildman–Crippen LogP) is 9.31. The summed E-state index contributed by atoms with van der Waals surface area (Å²) in [5.41, 5.74) is 2.02. The highest BCUT2D eigenvalue weighted by Crippen LogP contribution is 2.44. The van der Waals surface area contributed by atoms with E-state index >= 15 is 0 Å². The van der Waals surface area contributed by atoms with Crippen molar-refractivity contribution >= 4 is 7.82 Å². The minimum atomic E-state index is -4.26. The quantitative estimate of drug-likeness (QED) is 0.0515. The number of hydrogen-bond donors (Lipinski definition) is 1. The van der Waals surface area contributed by atoms with Crippen LogP contribution in [-0.4, -0.2) is 55.9 Å². The number of piperidine rings is 1. The van der Waals surface area contributed by atoms with Gasteiger partial charge in [0.2, 0.25) is 0 Å². The second-order valence-electron chi connectivity index (χ2n) is 12.4. The third-order valence-electron chi connectivity index (χ3n) is 8.20. The van der Waals surface area contributed by atoms with Crippen molar-refractivity contribution in [1.29, 1.82) is 0 Å². The van der Waals surface area contributed by atoms with Crippen LogP contribution in [0.5, 0.6) is 0 Å². The molecule has 8 heteroatoms. The van der Waals surface area contributed by atoms with Gasteiger partial charge in [-0.3, -0.25) is 13.9 Å². The zero-order valence-corrected chi connectivity index (χ0v) is 27.9. The molecule has 1 aliphatic rings. The van der Waals surface area contributed by atoms with Crippen LogP contribution in [0.2, 0.25) is 0 Å². The van der Waals surface area contributed by atoms with Gasteiger partial charge in [0.25, 0.3) is 0 Å². The van der Waals surface area contributed by atoms with Gasteiger partial charge in [-0.25, -0.2) is 4.57 Å². The second kappa shape index (κ2) is 22.3. The van der Waals surface area contributed by atoms with Crippen molar-refractivity contribution in [2.75, 3.05) is 40.5 Å². The molecule has 1 fully saturated rings. The number of benzene rings is 1. The number of phosphoric acid groups is 1. The molecule has 2 rings (SSSR count). The number of rotatable bonds is 25. The lowest BCUT2D eigenvalue weighted by molar-refractivity contribution is -0.858. The molecule has 7 nitrogen and oxygen atoms in total. The number of allylic oxidation sites excluding steroid dienone is 1. The van der Waals surface area contributed by atoms with Crippen LogP contribution in [0, 0.1) is 0 Å². The van der Waals surface area contributed by atoms with Crippen molar-refractivity contribution in [1.82, 2.24) is 0 Å². The molecule has 2 unspecified atom stereocenters. The van der Waals surface area contributed by atoms with Gasteiger partial charge in [-0.2, -0.15) is 0 Å². The molecule has 0 aromatic heterocycles. The van der Waals surface area contributed by atoms with E-state index in [-0.39, 0.29) is 6.61 Å². The summed E-state index contributed by atoms with van der Waals surface area (Å²) >= 11 is 0. The highest BCUT2D eigenvalue weighted by molar-refractivity contribution is 7.47. The Balaban J connectivity index is 1.62. The Morgan fingerprint density at radius 3 is 2.05 bits per heavy atom. The maximum atomic E-state index is 12.6. The zero-order chi connectivity index (χ0) is 30.4. The van der Waals surface area contributed by atoms with Gasteiger partial charge in [-0.15, -0.1) is 0 Å². The number of hydrogen-bond acceptors (Lipinski definition) is 5. The van der Waals surface area contributed by atoms with Crippen LogP contribution < -0.4 is 0 Å². The van der Waals surface area contributed by atoms with E-state index in [2.05, 4.69) is 21.0 Å². The number of phosphoric ester groups is 1. The van der Waals surface area contributed by atoms with Crippen molar-refractivity contribution in [2.24, 2.45) is 0 Å². The molecule has 0 aliphatic carbocycles. The highest BCUT2D eigenvalue weighted by Gasteiger charge is 2.30. The summed E-state index contributed by atoms with van der Waals surface area (Å²) in [5.74, 6) is 0. The van der Waals surface area contributed by atoms with Crippen molar-refractivity contribution in [3.63, 3.8) is 0 Å². The summed E-state index contributed by atoms with van der Waals surface area (Å²) in [5, 5.41) is 0. The number of unbranched alkanes of at least 4 members (excludes halogenated alkanes) is 13. The minimum absolute atomic E-state index is 0.0826. The topological polar surface area (TPSA) is 74.2 Å². The van der Waals surface area contributed by atoms with Gasteiger partial charge in [0.1, 0.15) is 11.8 Å². The van der Waals surface area contributed by atoms with Gasteiger partial charge in [0, 0.05) is 13.0 Å². The molecular formula is C34H61NO6P+. The zero-order valence-electron chi connectivity index (χ0n) is 27.0. The maximum absolute atomic E-state index is 12.6. The first-order valence-electron chi connectivity index (χ1n) is 16.7. The summed E-state index contributed by atoms with van der Waals surface area (Å²) in [6.45, 7) is 4.50. The molecule has 1 heterocycles. The minimum Gasteiger partial charge on any atom is -0.406 e. The van der Waals surface area contributed by atoms with Gasteiger partial charge in [-0.05, 0) is 24.8 Å². The van der Waals surface area contributed by atoms with Crippen molar-refractivity contribution in [2.45, 2.75) is 129 Å². The lowest BCUT2D eigenvalue weighted by Crippen LogP contribution is -2.41. The van der Waals surface area contributed by atoms with Crippen molar-refractivity contribution in [3.05, 3.63) is 47.9 Å². The van der Waals surface area contributed by atoms with Crippen LogP contribution in [0.1, 0.15) is 122 Å². The molecule has 1 N–H and O–H groups in total. The van der Waals surface area contributed by atoms with Crippen LogP contribution >= 0.6 is 7.82 Å². The van der Waals surface area contributed by atoms with E-state index in [1.54, 1.807) is 0 Å². The Bertz CT molecular complexity index is 878. The Kier molecular flexibility index (Phi) is 19.7. The van der Waals surface area contributed by atoms with Crippen LogP contribution in [0.15, 0.2) is 42.3 Å². The molecule has 0 radical (unpaired) electrons. The average Bonchev–Trinajstić information content (AvgIpc) is 2.97. The fourth-order valence-corrected chi connectivity index (χ4v) is 6.01.